The molecule has 0 fully saturated rings. The number of ether oxygens (including phenoxy) is 1. The topological polar surface area (TPSA) is 35.2 Å². The third-order valence-corrected chi connectivity index (χ3v) is 4.32. The average Bonchev–Trinajstić information content (AvgIpc) is 2.74. The lowest BCUT2D eigenvalue weighted by Gasteiger charge is -2.19. The van der Waals surface area contributed by atoms with Crippen molar-refractivity contribution in [1.29, 1.82) is 0 Å². The molecule has 0 radical (unpaired) electrons. The molecular weight excluding hydrogens is 289 g/mol. The lowest BCUT2D eigenvalue weighted by atomic mass is 9.85. The summed E-state index contributed by atoms with van der Waals surface area (Å²) in [6.07, 6.45) is 0. The molecular formula is C17H17ClFNO. The zero-order valence-electron chi connectivity index (χ0n) is 12.0. The van der Waals surface area contributed by atoms with Gasteiger partial charge in [-0.3, -0.25) is 0 Å². The van der Waals surface area contributed by atoms with E-state index in [0.29, 0.717) is 17.2 Å². The summed E-state index contributed by atoms with van der Waals surface area (Å²) >= 11 is 6.10. The van der Waals surface area contributed by atoms with Gasteiger partial charge in [0.05, 0.1) is 12.6 Å². The van der Waals surface area contributed by atoms with Crippen LogP contribution in [0.15, 0.2) is 36.4 Å². The summed E-state index contributed by atoms with van der Waals surface area (Å²) in [4.78, 5) is 0. The van der Waals surface area contributed by atoms with Crippen molar-refractivity contribution in [3.05, 3.63) is 63.9 Å². The highest BCUT2D eigenvalue weighted by atomic mass is 35.5. The largest absolute Gasteiger partial charge is 0.492 e. The fraction of sp³-hybridized carbons (Fsp3) is 0.294. The van der Waals surface area contributed by atoms with Crippen molar-refractivity contribution >= 4 is 11.6 Å². The fourth-order valence-corrected chi connectivity index (χ4v) is 2.99. The Morgan fingerprint density at radius 1 is 1.29 bits per heavy atom. The maximum absolute atomic E-state index is 14.0. The van der Waals surface area contributed by atoms with E-state index >= 15 is 0 Å². The van der Waals surface area contributed by atoms with Crippen molar-refractivity contribution in [2.24, 2.45) is 5.73 Å². The van der Waals surface area contributed by atoms with Crippen LogP contribution in [0.5, 0.6) is 5.75 Å². The van der Waals surface area contributed by atoms with Crippen LogP contribution in [0.25, 0.3) is 0 Å². The van der Waals surface area contributed by atoms with Crippen LogP contribution in [0.3, 0.4) is 0 Å². The molecule has 1 heterocycles. The van der Waals surface area contributed by atoms with Gasteiger partial charge in [-0.15, -0.1) is 0 Å². The normalized spacial score (nSPS) is 17.2. The number of nitrogens with two attached hydrogens (primary N) is 1. The second-order valence-corrected chi connectivity index (χ2v) is 6.45. The molecule has 1 unspecified atom stereocenters. The Kier molecular flexibility index (Phi) is 3.42. The van der Waals surface area contributed by atoms with Crippen LogP contribution in [0.1, 0.15) is 36.6 Å². The van der Waals surface area contributed by atoms with E-state index in [4.69, 9.17) is 22.1 Å². The van der Waals surface area contributed by atoms with Gasteiger partial charge >= 0.3 is 0 Å². The molecule has 0 saturated heterocycles. The molecule has 0 aliphatic carbocycles. The predicted octanol–water partition coefficient (Wildman–Crippen LogP) is 4.20. The molecule has 2 aromatic rings. The lowest BCUT2D eigenvalue weighted by Crippen LogP contribution is -2.19. The molecule has 0 saturated carbocycles. The molecule has 2 N–H and O–H groups in total. The van der Waals surface area contributed by atoms with Crippen LogP contribution in [0.4, 0.5) is 4.39 Å². The third-order valence-electron chi connectivity index (χ3n) is 3.99. The van der Waals surface area contributed by atoms with Gasteiger partial charge in [0.25, 0.3) is 0 Å². The summed E-state index contributed by atoms with van der Waals surface area (Å²) in [7, 11) is 0. The molecule has 21 heavy (non-hydrogen) atoms. The second-order valence-electron chi connectivity index (χ2n) is 6.04. The minimum Gasteiger partial charge on any atom is -0.492 e. The highest BCUT2D eigenvalue weighted by Gasteiger charge is 2.32. The highest BCUT2D eigenvalue weighted by Crippen LogP contribution is 2.40. The van der Waals surface area contributed by atoms with Gasteiger partial charge in [0.1, 0.15) is 11.6 Å². The molecule has 0 spiro atoms. The van der Waals surface area contributed by atoms with E-state index in [0.717, 1.165) is 16.9 Å². The van der Waals surface area contributed by atoms with Gasteiger partial charge < -0.3 is 10.5 Å². The van der Waals surface area contributed by atoms with Gasteiger partial charge in [-0.2, -0.15) is 0 Å². The van der Waals surface area contributed by atoms with Crippen molar-refractivity contribution in [2.75, 3.05) is 6.61 Å². The second kappa shape index (κ2) is 5.00. The first-order chi connectivity index (χ1) is 9.90. The van der Waals surface area contributed by atoms with Gasteiger partial charge in [0.2, 0.25) is 0 Å². The molecule has 0 bridgehead atoms. The van der Waals surface area contributed by atoms with Crippen molar-refractivity contribution in [2.45, 2.75) is 25.3 Å². The van der Waals surface area contributed by atoms with Crippen LogP contribution in [0, 0.1) is 5.82 Å². The summed E-state index contributed by atoms with van der Waals surface area (Å²) < 4.78 is 19.7. The molecule has 1 atom stereocenters. The van der Waals surface area contributed by atoms with Gasteiger partial charge in [-0.25, -0.2) is 4.39 Å². The number of fused-ring (bicyclic) bond motifs is 1. The van der Waals surface area contributed by atoms with Crippen LogP contribution in [-0.4, -0.2) is 6.61 Å². The Labute approximate surface area is 128 Å². The summed E-state index contributed by atoms with van der Waals surface area (Å²) in [6, 6.07) is 9.77. The Morgan fingerprint density at radius 2 is 2.05 bits per heavy atom. The Morgan fingerprint density at radius 3 is 2.76 bits per heavy atom. The molecule has 0 amide bonds. The summed E-state index contributed by atoms with van der Waals surface area (Å²) in [5, 5.41) is 0.346. The molecule has 110 valence electrons. The number of rotatable bonds is 2. The summed E-state index contributed by atoms with van der Waals surface area (Å²) in [5.41, 5.74) is 8.43. The first kappa shape index (κ1) is 14.4. The molecule has 0 aromatic heterocycles. The van der Waals surface area contributed by atoms with Gasteiger partial charge in [0.15, 0.2) is 0 Å². The van der Waals surface area contributed by atoms with E-state index in [9.17, 15) is 4.39 Å². The van der Waals surface area contributed by atoms with E-state index in [1.54, 1.807) is 12.1 Å². The van der Waals surface area contributed by atoms with Crippen molar-refractivity contribution < 1.29 is 9.13 Å². The van der Waals surface area contributed by atoms with E-state index in [1.807, 2.05) is 18.2 Å². The fourth-order valence-electron chi connectivity index (χ4n) is 2.71. The standard InChI is InChI=1S/C17H17ClFNO/c1-17(2)9-21-14-7-6-10(8-11(14)17)16(20)15-12(18)4-3-5-13(15)19/h3-8,16H,9,20H2,1-2H3. The van der Waals surface area contributed by atoms with Gasteiger partial charge in [0, 0.05) is 21.6 Å². The molecule has 2 nitrogen and oxygen atoms in total. The lowest BCUT2D eigenvalue weighted by molar-refractivity contribution is 0.291. The first-order valence-electron chi connectivity index (χ1n) is 6.87. The molecule has 3 rings (SSSR count). The Bertz CT molecular complexity index is 679. The summed E-state index contributed by atoms with van der Waals surface area (Å²) in [6.45, 7) is 4.87. The molecule has 4 heteroatoms. The zero-order chi connectivity index (χ0) is 15.2. The van der Waals surface area contributed by atoms with Crippen LogP contribution < -0.4 is 10.5 Å². The van der Waals surface area contributed by atoms with Gasteiger partial charge in [-0.05, 0) is 29.8 Å². The summed E-state index contributed by atoms with van der Waals surface area (Å²) in [5.74, 6) is 0.488. The minimum absolute atomic E-state index is 0.0654. The zero-order valence-corrected chi connectivity index (χ0v) is 12.7. The van der Waals surface area contributed by atoms with Crippen molar-refractivity contribution in [3.8, 4) is 5.75 Å². The Balaban J connectivity index is 2.06. The molecule has 2 aromatic carbocycles. The third kappa shape index (κ3) is 2.41. The SMILES string of the molecule is CC1(C)COc2ccc(C(N)c3c(F)cccc3Cl)cc21. The van der Waals surface area contributed by atoms with E-state index in [2.05, 4.69) is 13.8 Å². The number of hydrogen-bond acceptors (Lipinski definition) is 2. The highest BCUT2D eigenvalue weighted by molar-refractivity contribution is 6.31. The quantitative estimate of drug-likeness (QED) is 0.902. The van der Waals surface area contributed by atoms with Crippen LogP contribution in [0.2, 0.25) is 5.02 Å². The van der Waals surface area contributed by atoms with E-state index in [1.165, 1.54) is 6.07 Å². The van der Waals surface area contributed by atoms with Crippen molar-refractivity contribution in [3.63, 3.8) is 0 Å². The van der Waals surface area contributed by atoms with E-state index < -0.39 is 6.04 Å². The van der Waals surface area contributed by atoms with E-state index in [-0.39, 0.29) is 11.2 Å². The smallest absolute Gasteiger partial charge is 0.129 e. The number of benzene rings is 2. The first-order valence-corrected chi connectivity index (χ1v) is 7.25. The van der Waals surface area contributed by atoms with Crippen molar-refractivity contribution in [1.82, 2.24) is 0 Å². The van der Waals surface area contributed by atoms with Crippen LogP contribution in [-0.2, 0) is 5.41 Å². The number of hydrogen-bond donors (Lipinski definition) is 1. The minimum atomic E-state index is -0.597. The maximum Gasteiger partial charge on any atom is 0.129 e. The van der Waals surface area contributed by atoms with Crippen LogP contribution >= 0.6 is 11.6 Å². The van der Waals surface area contributed by atoms with Gasteiger partial charge in [-0.1, -0.05) is 37.6 Å². The number of halogens is 2. The molecule has 1 aliphatic heterocycles. The monoisotopic (exact) mass is 305 g/mol. The molecule has 1 aliphatic rings. The Hall–Kier alpha value is -1.58. The average molecular weight is 306 g/mol. The maximum atomic E-state index is 14.0. The predicted molar refractivity (Wildman–Crippen MR) is 82.4 cm³/mol.